The van der Waals surface area contributed by atoms with Gasteiger partial charge in [-0.25, -0.2) is 0 Å². The topological polar surface area (TPSA) is 256 Å². The highest BCUT2D eigenvalue weighted by Gasteiger charge is 2.34. The average molecular weight is 902 g/mol. The molecule has 6 atom stereocenters. The van der Waals surface area contributed by atoms with Crippen molar-refractivity contribution in [2.75, 3.05) is 6.54 Å². The first-order valence-electron chi connectivity index (χ1n) is 23.0. The summed E-state index contributed by atoms with van der Waals surface area (Å²) in [7, 11) is 0. The van der Waals surface area contributed by atoms with Crippen LogP contribution in [-0.2, 0) is 48.0 Å². The maximum Gasteiger partial charge on any atom is 0.243 e. The molecule has 0 radical (unpaired) electrons. The van der Waals surface area contributed by atoms with Gasteiger partial charge in [0.15, 0.2) is 0 Å². The first-order chi connectivity index (χ1) is 31.6. The lowest BCUT2D eigenvalue weighted by Crippen LogP contribution is -2.60. The molecule has 0 saturated carbocycles. The van der Waals surface area contributed by atoms with Crippen molar-refractivity contribution in [1.29, 1.82) is 0 Å². The molecule has 0 spiro atoms. The lowest BCUT2D eigenvalue weighted by molar-refractivity contribution is -0.135. The molecule has 5 rings (SSSR count). The standard InChI is InChI=1S/C51H67N9O6/c1-31(2)25-41(46(54)61)56-48(63)42(26-32(3)4)58-51(66)45(29-36-30-55-40-23-11-10-21-38(36)40)60-49(64)43(27-33-15-6-5-7-16-33)59-50(65)44(57-47(62)39(53)22-12-13-24-52)28-35-19-14-18-34-17-8-9-20-37(34)35/h5-11,14-21,23,30-32,39,41-45,55H,12-13,22,24-29,52-53H2,1-4H3,(H2,54,61)(H,56,63)(H,57,62)(H,58,66)(H,59,65)(H,60,64). The number of amides is 6. The van der Waals surface area contributed by atoms with E-state index in [1.807, 2.05) is 125 Å². The monoisotopic (exact) mass is 902 g/mol. The highest BCUT2D eigenvalue weighted by atomic mass is 16.2. The van der Waals surface area contributed by atoms with Crippen LogP contribution in [0.2, 0.25) is 0 Å². The van der Waals surface area contributed by atoms with E-state index in [1.165, 1.54) is 0 Å². The Labute approximate surface area is 387 Å². The van der Waals surface area contributed by atoms with E-state index in [0.29, 0.717) is 32.2 Å². The van der Waals surface area contributed by atoms with E-state index >= 15 is 0 Å². The highest BCUT2D eigenvalue weighted by Crippen LogP contribution is 2.22. The van der Waals surface area contributed by atoms with Crippen molar-refractivity contribution < 1.29 is 28.8 Å². The van der Waals surface area contributed by atoms with Crippen LogP contribution >= 0.6 is 0 Å². The predicted molar refractivity (Wildman–Crippen MR) is 258 cm³/mol. The lowest BCUT2D eigenvalue weighted by Gasteiger charge is -2.28. The van der Waals surface area contributed by atoms with Crippen LogP contribution in [0.25, 0.3) is 21.7 Å². The van der Waals surface area contributed by atoms with E-state index in [-0.39, 0.29) is 37.5 Å². The molecule has 1 heterocycles. The second kappa shape index (κ2) is 24.6. The molecule has 0 aliphatic rings. The minimum Gasteiger partial charge on any atom is -0.368 e. The summed E-state index contributed by atoms with van der Waals surface area (Å²) in [5.74, 6) is -3.72. The number of hydrogen-bond acceptors (Lipinski definition) is 8. The molecule has 6 unspecified atom stereocenters. The number of carbonyl (C=O) groups is 6. The van der Waals surface area contributed by atoms with Gasteiger partial charge in [0.2, 0.25) is 35.4 Å². The number of benzene rings is 4. The molecule has 5 aromatic rings. The number of nitrogens with one attached hydrogen (secondary N) is 6. The Morgan fingerprint density at radius 2 is 1.03 bits per heavy atom. The number of aromatic nitrogens is 1. The summed E-state index contributed by atoms with van der Waals surface area (Å²) in [5, 5.41) is 17.0. The van der Waals surface area contributed by atoms with Gasteiger partial charge in [0, 0.05) is 36.4 Å². The molecular weight excluding hydrogens is 835 g/mol. The molecule has 0 aliphatic heterocycles. The smallest absolute Gasteiger partial charge is 0.243 e. The van der Waals surface area contributed by atoms with E-state index < -0.39 is 71.7 Å². The Morgan fingerprint density at radius 3 is 1.67 bits per heavy atom. The molecule has 6 amide bonds. The Morgan fingerprint density at radius 1 is 0.530 bits per heavy atom. The fraction of sp³-hybridized carbons (Fsp3) is 0.412. The quantitative estimate of drug-likeness (QED) is 0.0389. The maximum absolute atomic E-state index is 14.8. The number of hydrogen-bond donors (Lipinski definition) is 9. The molecule has 0 bridgehead atoms. The number of nitrogens with two attached hydrogens (primary N) is 3. The Kier molecular flexibility index (Phi) is 18.8. The van der Waals surface area contributed by atoms with Crippen molar-refractivity contribution >= 4 is 57.1 Å². The van der Waals surface area contributed by atoms with Crippen molar-refractivity contribution in [3.63, 3.8) is 0 Å². The zero-order chi connectivity index (χ0) is 47.8. The molecular formula is C51H67N9O6. The van der Waals surface area contributed by atoms with Gasteiger partial charge < -0.3 is 48.8 Å². The van der Waals surface area contributed by atoms with Gasteiger partial charge in [-0.1, -0.05) is 125 Å². The molecule has 0 fully saturated rings. The van der Waals surface area contributed by atoms with E-state index in [0.717, 1.165) is 38.4 Å². The van der Waals surface area contributed by atoms with Crippen LogP contribution in [0.1, 0.15) is 76.5 Å². The van der Waals surface area contributed by atoms with Crippen molar-refractivity contribution in [2.24, 2.45) is 29.0 Å². The van der Waals surface area contributed by atoms with Crippen molar-refractivity contribution in [3.8, 4) is 0 Å². The molecule has 1 aromatic heterocycles. The molecule has 352 valence electrons. The molecule has 12 N–H and O–H groups in total. The first-order valence-corrected chi connectivity index (χ1v) is 23.0. The van der Waals surface area contributed by atoms with E-state index in [2.05, 4.69) is 31.6 Å². The van der Waals surface area contributed by atoms with Crippen LogP contribution in [0.5, 0.6) is 0 Å². The number of fused-ring (bicyclic) bond motifs is 2. The Bertz CT molecular complexity index is 2410. The van der Waals surface area contributed by atoms with Gasteiger partial charge in [-0.05, 0) is 77.6 Å². The number of carbonyl (C=O) groups excluding carboxylic acids is 6. The minimum absolute atomic E-state index is 0.0165. The van der Waals surface area contributed by atoms with Gasteiger partial charge in [0.25, 0.3) is 0 Å². The number of aromatic amines is 1. The number of H-pyrrole nitrogens is 1. The third kappa shape index (κ3) is 14.7. The van der Waals surface area contributed by atoms with Crippen LogP contribution in [-0.4, -0.2) is 83.2 Å². The largest absolute Gasteiger partial charge is 0.368 e. The zero-order valence-corrected chi connectivity index (χ0v) is 38.5. The SMILES string of the molecule is CC(C)CC(NC(=O)C(CC(C)C)NC(=O)C(Cc1c[nH]c2ccccc12)NC(=O)C(Cc1ccccc1)NC(=O)C(Cc1cccc2ccccc12)NC(=O)C(N)CCCCN)C(N)=O. The molecule has 66 heavy (non-hydrogen) atoms. The third-order valence-corrected chi connectivity index (χ3v) is 11.6. The van der Waals surface area contributed by atoms with Gasteiger partial charge >= 0.3 is 0 Å². The number of primary amides is 1. The average Bonchev–Trinajstić information content (AvgIpc) is 3.70. The second-order valence-electron chi connectivity index (χ2n) is 18.0. The summed E-state index contributed by atoms with van der Waals surface area (Å²) in [6, 6.07) is 23.6. The van der Waals surface area contributed by atoms with Crippen LogP contribution in [0.4, 0.5) is 0 Å². The van der Waals surface area contributed by atoms with Crippen LogP contribution in [0.3, 0.4) is 0 Å². The normalized spacial score (nSPS) is 14.2. The zero-order valence-electron chi connectivity index (χ0n) is 38.5. The van der Waals surface area contributed by atoms with Gasteiger partial charge in [-0.3, -0.25) is 28.8 Å². The van der Waals surface area contributed by atoms with E-state index in [1.54, 1.807) is 6.20 Å². The second-order valence-corrected chi connectivity index (χ2v) is 18.0. The van der Waals surface area contributed by atoms with Gasteiger partial charge in [-0.2, -0.15) is 0 Å². The molecule has 0 saturated heterocycles. The number of unbranched alkanes of at least 4 members (excludes halogenated alkanes) is 1. The summed E-state index contributed by atoms with van der Waals surface area (Å²) < 4.78 is 0. The van der Waals surface area contributed by atoms with Gasteiger partial charge in [0.05, 0.1) is 6.04 Å². The van der Waals surface area contributed by atoms with Gasteiger partial charge in [-0.15, -0.1) is 0 Å². The van der Waals surface area contributed by atoms with Crippen molar-refractivity contribution in [1.82, 2.24) is 31.6 Å². The minimum atomic E-state index is -1.24. The summed E-state index contributed by atoms with van der Waals surface area (Å²) in [4.78, 5) is 87.0. The van der Waals surface area contributed by atoms with Crippen LogP contribution in [0.15, 0.2) is 103 Å². The van der Waals surface area contributed by atoms with E-state index in [4.69, 9.17) is 17.2 Å². The molecule has 15 heteroatoms. The molecule has 4 aromatic carbocycles. The van der Waals surface area contributed by atoms with Gasteiger partial charge in [0.1, 0.15) is 30.2 Å². The Balaban J connectivity index is 1.47. The number of para-hydroxylation sites is 1. The van der Waals surface area contributed by atoms with Crippen LogP contribution < -0.4 is 43.8 Å². The van der Waals surface area contributed by atoms with Crippen molar-refractivity contribution in [2.45, 2.75) is 115 Å². The summed E-state index contributed by atoms with van der Waals surface area (Å²) in [6.45, 7) is 8.08. The van der Waals surface area contributed by atoms with E-state index in [9.17, 15) is 28.8 Å². The summed E-state index contributed by atoms with van der Waals surface area (Å²) in [5.41, 5.74) is 20.7. The first kappa shape index (κ1) is 50.4. The van der Waals surface area contributed by atoms with Crippen molar-refractivity contribution in [3.05, 3.63) is 120 Å². The summed E-state index contributed by atoms with van der Waals surface area (Å²) in [6.07, 6.45) is 4.14. The predicted octanol–water partition coefficient (Wildman–Crippen LogP) is 3.81. The Hall–Kier alpha value is -6.58. The molecule has 0 aliphatic carbocycles. The van der Waals surface area contributed by atoms with Crippen LogP contribution in [0, 0.1) is 11.8 Å². The fourth-order valence-corrected chi connectivity index (χ4v) is 8.12. The third-order valence-electron chi connectivity index (χ3n) is 11.6. The summed E-state index contributed by atoms with van der Waals surface area (Å²) >= 11 is 0. The maximum atomic E-state index is 14.8. The number of rotatable bonds is 25. The fourth-order valence-electron chi connectivity index (χ4n) is 8.12. The molecule has 15 nitrogen and oxygen atoms in total. The highest BCUT2D eigenvalue weighted by molar-refractivity contribution is 5.97. The lowest BCUT2D eigenvalue weighted by atomic mass is 9.97.